The number of carbonyl (C=O) groups excluding carboxylic acids is 6. The zero-order valence-corrected chi connectivity index (χ0v) is 40.0. The summed E-state index contributed by atoms with van der Waals surface area (Å²) in [5.41, 5.74) is 18.6. The van der Waals surface area contributed by atoms with Gasteiger partial charge in [-0.25, -0.2) is 19.2 Å². The van der Waals surface area contributed by atoms with Gasteiger partial charge in [0, 0.05) is 67.9 Å². The minimum absolute atomic E-state index is 0. The number of esters is 2. The van der Waals surface area contributed by atoms with E-state index < -0.39 is 36.5 Å². The molecule has 0 saturated carbocycles. The Bertz CT molecular complexity index is 2620. The van der Waals surface area contributed by atoms with Gasteiger partial charge < -0.3 is 35.6 Å². The van der Waals surface area contributed by atoms with Crippen molar-refractivity contribution in [3.05, 3.63) is 128 Å². The highest BCUT2D eigenvalue weighted by Crippen LogP contribution is 2.34. The third-order valence-corrected chi connectivity index (χ3v) is 14.4. The molecule has 0 radical (unpaired) electrons. The van der Waals surface area contributed by atoms with Gasteiger partial charge in [0.05, 0.1) is 13.1 Å². The maximum atomic E-state index is 13.1. The number of nitrogens with one attached hydrogen (secondary N) is 4. The molecule has 0 spiro atoms. The quantitative estimate of drug-likeness (QED) is 0.0181. The van der Waals surface area contributed by atoms with Crippen molar-refractivity contribution in [2.45, 2.75) is 115 Å². The van der Waals surface area contributed by atoms with Gasteiger partial charge in [0.2, 0.25) is 0 Å². The maximum Gasteiger partial charge on any atom is 0.332 e. The number of thiophene rings is 2. The number of nitrogens with two attached hydrogens (primary N) is 2. The number of carbonyl (C=O) groups is 6. The van der Waals surface area contributed by atoms with E-state index in [1.807, 2.05) is 97.7 Å². The molecule has 6 heterocycles. The number of urea groups is 2. The van der Waals surface area contributed by atoms with Crippen LogP contribution in [0.5, 0.6) is 0 Å². The molecule has 10 N–H and O–H groups in total. The molecule has 2 saturated heterocycles. The summed E-state index contributed by atoms with van der Waals surface area (Å²) in [5, 5.41) is 11.3. The highest BCUT2D eigenvalue weighted by molar-refractivity contribution is 7.10. The molecule has 2 aromatic carbocycles. The summed E-state index contributed by atoms with van der Waals surface area (Å²) < 4.78 is 11.3. The fraction of sp³-hybridized carbons (Fsp3) is 0.360. The van der Waals surface area contributed by atoms with Gasteiger partial charge in [0.25, 0.3) is 11.8 Å². The lowest BCUT2D eigenvalue weighted by Gasteiger charge is -2.23. The summed E-state index contributed by atoms with van der Waals surface area (Å²) in [6.07, 6.45) is 8.28. The normalized spacial score (nSPS) is 17.9. The topological polar surface area (TPSA) is 267 Å². The largest absolute Gasteiger partial charge is 0.443 e. The van der Waals surface area contributed by atoms with Crippen LogP contribution in [0.1, 0.15) is 96.2 Å². The number of ether oxygens (including phenoxy) is 2. The number of nitrogens with zero attached hydrogens (tertiary/aromatic N) is 2. The maximum absolute atomic E-state index is 13.1. The van der Waals surface area contributed by atoms with E-state index in [2.05, 4.69) is 20.6 Å². The monoisotopic (exact) mass is 978 g/mol. The van der Waals surface area contributed by atoms with Crippen molar-refractivity contribution in [1.29, 1.82) is 0 Å². The van der Waals surface area contributed by atoms with Crippen molar-refractivity contribution >= 4 is 80.3 Å². The van der Waals surface area contributed by atoms with E-state index in [-0.39, 0.29) is 54.3 Å². The van der Waals surface area contributed by atoms with Crippen LogP contribution in [0.3, 0.4) is 0 Å². The Hall–Kier alpha value is -6.64. The van der Waals surface area contributed by atoms with Crippen LogP contribution in [-0.4, -0.2) is 85.6 Å². The second-order valence-electron chi connectivity index (χ2n) is 17.3. The third-order valence-electron chi connectivity index (χ3n) is 12.7. The number of aromatic nitrogens is 2. The standard InChI is InChI=1S/C50H56N8O8S2.H2O/c1-3-7-33(37-25-53-39-15-11-29(23-35(37)39)13-17-41-47(61)57(49(63)55-41)27-31-9-5-21-67-31)45(51)65-43(59)19-20-44(60)66-46(52)34(8-4-2)38-26-54-40-16-12-30(24-36(38)40)14-18-42-48(62)58(50(64)56-42)28-32-10-6-22-68-32;/h5-6,9-12,15-16,19-26,33-34,41-42,45-46,53-54H,3-4,7-8,13-14,17-18,27-28,51-52H2,1-2H3,(H,55,63)(H,56,64);1H2/b20-19-;. The van der Waals surface area contributed by atoms with Crippen LogP contribution >= 0.6 is 22.7 Å². The zero-order valence-electron chi connectivity index (χ0n) is 38.4. The molecule has 8 rings (SSSR count). The molecular weight excluding hydrogens is 921 g/mol. The lowest BCUT2D eigenvalue weighted by atomic mass is 9.91. The van der Waals surface area contributed by atoms with E-state index in [1.165, 1.54) is 32.5 Å². The lowest BCUT2D eigenvalue weighted by Crippen LogP contribution is -2.34. The highest BCUT2D eigenvalue weighted by Gasteiger charge is 2.39. The van der Waals surface area contributed by atoms with Crippen molar-refractivity contribution in [2.24, 2.45) is 11.5 Å². The number of rotatable bonds is 22. The minimum atomic E-state index is -1.04. The molecule has 17 nitrogen and oxygen atoms in total. The second-order valence-corrected chi connectivity index (χ2v) is 19.3. The fourth-order valence-electron chi connectivity index (χ4n) is 9.15. The molecule has 4 aromatic heterocycles. The van der Waals surface area contributed by atoms with E-state index >= 15 is 0 Å². The molecule has 6 amide bonds. The zero-order chi connectivity index (χ0) is 47.9. The van der Waals surface area contributed by atoms with Crippen molar-refractivity contribution in [2.75, 3.05) is 0 Å². The van der Waals surface area contributed by atoms with Crippen molar-refractivity contribution < 1.29 is 43.7 Å². The van der Waals surface area contributed by atoms with Gasteiger partial charge in [-0.05, 0) is 108 Å². The number of aryl methyl sites for hydroxylation is 2. The Balaban J connectivity index is 0.00000703. The van der Waals surface area contributed by atoms with Gasteiger partial charge >= 0.3 is 24.0 Å². The lowest BCUT2D eigenvalue weighted by molar-refractivity contribution is -0.146. The molecule has 364 valence electrons. The van der Waals surface area contributed by atoms with Crippen LogP contribution in [-0.2, 0) is 54.6 Å². The summed E-state index contributed by atoms with van der Waals surface area (Å²) in [6, 6.07) is 17.5. The second kappa shape index (κ2) is 22.6. The van der Waals surface area contributed by atoms with Crippen LogP contribution < -0.4 is 22.1 Å². The number of H-pyrrole nitrogens is 2. The Morgan fingerprint density at radius 2 is 1.09 bits per heavy atom. The summed E-state index contributed by atoms with van der Waals surface area (Å²) >= 11 is 2.99. The van der Waals surface area contributed by atoms with Crippen molar-refractivity contribution in [3.8, 4) is 0 Å². The molecule has 2 fully saturated rings. The van der Waals surface area contributed by atoms with Crippen LogP contribution in [0.4, 0.5) is 9.59 Å². The average Bonchev–Trinajstić information content (AvgIpc) is 4.21. The first-order valence-electron chi connectivity index (χ1n) is 23.0. The van der Waals surface area contributed by atoms with Crippen LogP contribution in [0.15, 0.2) is 96.0 Å². The number of benzene rings is 2. The highest BCUT2D eigenvalue weighted by atomic mass is 32.1. The minimum Gasteiger partial charge on any atom is -0.443 e. The third kappa shape index (κ3) is 11.6. The Morgan fingerprint density at radius 1 is 0.667 bits per heavy atom. The predicted octanol–water partition coefficient (Wildman–Crippen LogP) is 6.73. The van der Waals surface area contributed by atoms with E-state index in [9.17, 15) is 28.8 Å². The Morgan fingerprint density at radius 3 is 1.46 bits per heavy atom. The predicted molar refractivity (Wildman–Crippen MR) is 264 cm³/mol. The van der Waals surface area contributed by atoms with E-state index in [0.29, 0.717) is 38.5 Å². The number of hydrogen-bond acceptors (Lipinski definition) is 12. The molecule has 6 aromatic rings. The summed E-state index contributed by atoms with van der Waals surface area (Å²) in [4.78, 5) is 88.7. The molecule has 0 bridgehead atoms. The van der Waals surface area contributed by atoms with E-state index in [4.69, 9.17) is 20.9 Å². The van der Waals surface area contributed by atoms with Gasteiger partial charge in [-0.2, -0.15) is 0 Å². The van der Waals surface area contributed by atoms with Gasteiger partial charge in [0.1, 0.15) is 12.1 Å². The Labute approximate surface area is 406 Å². The number of imide groups is 2. The van der Waals surface area contributed by atoms with Crippen LogP contribution in [0.2, 0.25) is 0 Å². The average molecular weight is 979 g/mol. The van der Waals surface area contributed by atoms with E-state index in [1.54, 1.807) is 0 Å². The van der Waals surface area contributed by atoms with Crippen LogP contribution in [0, 0.1) is 0 Å². The molecule has 6 atom stereocenters. The SMILES string of the molecule is CCCC(c1c[nH]c2ccc(CCC3NC(=O)N(Cc4cccs4)C3=O)cc12)C(N)OC(=O)/C=C\C(=O)OC(N)C(CCC)c1c[nH]c2ccc(CCC3NC(=O)N(Cc4cccs4)C3=O)cc12.O. The van der Waals surface area contributed by atoms with Gasteiger partial charge in [-0.1, -0.05) is 51.0 Å². The van der Waals surface area contributed by atoms with Gasteiger partial charge in [0.15, 0.2) is 12.5 Å². The summed E-state index contributed by atoms with van der Waals surface area (Å²) in [6.45, 7) is 4.53. The first-order valence-corrected chi connectivity index (χ1v) is 24.7. The molecule has 2 aliphatic rings. The smallest absolute Gasteiger partial charge is 0.332 e. The number of aromatic amines is 2. The molecule has 0 aliphatic carbocycles. The molecule has 6 unspecified atom stereocenters. The number of fused-ring (bicyclic) bond motifs is 2. The van der Waals surface area contributed by atoms with Gasteiger partial charge in [-0.3, -0.25) is 30.9 Å². The first-order chi connectivity index (χ1) is 32.9. The molecule has 69 heavy (non-hydrogen) atoms. The molecular formula is C50H58N8O9S2. The number of amides is 6. The van der Waals surface area contributed by atoms with Crippen molar-refractivity contribution in [3.63, 3.8) is 0 Å². The fourth-order valence-corrected chi connectivity index (χ4v) is 10.5. The van der Waals surface area contributed by atoms with Gasteiger partial charge in [-0.15, -0.1) is 22.7 Å². The summed E-state index contributed by atoms with van der Waals surface area (Å²) in [5.74, 6) is -2.87. The first kappa shape index (κ1) is 50.2. The van der Waals surface area contributed by atoms with Crippen molar-refractivity contribution in [1.82, 2.24) is 30.4 Å². The van der Waals surface area contributed by atoms with E-state index in [0.717, 1.165) is 78.8 Å². The Kier molecular flexibility index (Phi) is 16.5. The molecule has 2 aliphatic heterocycles. The molecule has 19 heteroatoms. The number of hydrogen-bond donors (Lipinski definition) is 6. The van der Waals surface area contributed by atoms with Crippen LogP contribution in [0.25, 0.3) is 21.8 Å². The summed E-state index contributed by atoms with van der Waals surface area (Å²) in [7, 11) is 0.